The number of nitrogens with zero attached hydrogens (tertiary/aromatic N) is 2. The molecule has 1 N–H and O–H groups in total. The largest absolute Gasteiger partial charge is 0.497 e. The number of anilines is 1. The van der Waals surface area contributed by atoms with Gasteiger partial charge >= 0.3 is 0 Å². The maximum atomic E-state index is 12.3. The first-order valence-electron chi connectivity index (χ1n) is 9.47. The molecule has 7 heteroatoms. The average Bonchev–Trinajstić information content (AvgIpc) is 3.17. The molecule has 2 aliphatic rings. The van der Waals surface area contributed by atoms with Crippen LogP contribution in [-0.2, 0) is 11.3 Å². The van der Waals surface area contributed by atoms with Gasteiger partial charge in [0.25, 0.3) is 0 Å². The summed E-state index contributed by atoms with van der Waals surface area (Å²) < 4.78 is 16.0. The minimum atomic E-state index is -0.00234. The Morgan fingerprint density at radius 3 is 2.64 bits per heavy atom. The number of ether oxygens (including phenoxy) is 3. The number of benzene rings is 2. The van der Waals surface area contributed by atoms with Crippen molar-refractivity contribution in [2.45, 2.75) is 6.54 Å². The normalized spacial score (nSPS) is 16.8. The van der Waals surface area contributed by atoms with Gasteiger partial charge in [0.2, 0.25) is 12.7 Å². The summed E-state index contributed by atoms with van der Waals surface area (Å²) in [5.41, 5.74) is 1.97. The van der Waals surface area contributed by atoms with E-state index in [0.29, 0.717) is 13.3 Å². The first-order valence-corrected chi connectivity index (χ1v) is 9.47. The molecule has 0 radical (unpaired) electrons. The second-order valence-electron chi connectivity index (χ2n) is 7.02. The molecule has 0 saturated carbocycles. The van der Waals surface area contributed by atoms with E-state index in [0.717, 1.165) is 55.7 Å². The molecule has 148 valence electrons. The highest BCUT2D eigenvalue weighted by Crippen LogP contribution is 2.32. The summed E-state index contributed by atoms with van der Waals surface area (Å²) in [5.74, 6) is 2.37. The van der Waals surface area contributed by atoms with E-state index in [2.05, 4.69) is 27.2 Å². The van der Waals surface area contributed by atoms with Crippen LogP contribution < -0.4 is 19.5 Å². The third-order valence-corrected chi connectivity index (χ3v) is 5.03. The molecule has 2 aliphatic heterocycles. The fraction of sp³-hybridized carbons (Fsp3) is 0.381. The first-order chi connectivity index (χ1) is 13.7. The molecule has 1 fully saturated rings. The Bertz CT molecular complexity index is 834. The van der Waals surface area contributed by atoms with Crippen LogP contribution in [0.5, 0.6) is 17.2 Å². The summed E-state index contributed by atoms with van der Waals surface area (Å²) in [7, 11) is 1.62. The third kappa shape index (κ3) is 4.55. The van der Waals surface area contributed by atoms with Crippen LogP contribution in [0.3, 0.4) is 0 Å². The molecule has 28 heavy (non-hydrogen) atoms. The van der Waals surface area contributed by atoms with Crippen molar-refractivity contribution in [2.75, 3.05) is 51.9 Å². The molecule has 0 aliphatic carbocycles. The minimum Gasteiger partial charge on any atom is -0.497 e. The van der Waals surface area contributed by atoms with Crippen molar-refractivity contribution in [2.24, 2.45) is 0 Å². The molecule has 2 aromatic rings. The fourth-order valence-corrected chi connectivity index (χ4v) is 3.51. The van der Waals surface area contributed by atoms with Gasteiger partial charge in [-0.3, -0.25) is 14.6 Å². The number of nitrogens with one attached hydrogen (secondary N) is 1. The van der Waals surface area contributed by atoms with Gasteiger partial charge in [-0.05, 0) is 29.8 Å². The van der Waals surface area contributed by atoms with E-state index in [1.165, 1.54) is 5.56 Å². The summed E-state index contributed by atoms with van der Waals surface area (Å²) in [6, 6.07) is 13.5. The van der Waals surface area contributed by atoms with Crippen LogP contribution in [-0.4, -0.2) is 62.3 Å². The predicted octanol–water partition coefficient (Wildman–Crippen LogP) is 2.18. The number of carbonyl (C=O) groups excluding carboxylic acids is 1. The molecular formula is C21H25N3O4. The molecule has 0 bridgehead atoms. The fourth-order valence-electron chi connectivity index (χ4n) is 3.51. The Labute approximate surface area is 164 Å². The molecule has 2 heterocycles. The summed E-state index contributed by atoms with van der Waals surface area (Å²) in [6.45, 7) is 5.18. The summed E-state index contributed by atoms with van der Waals surface area (Å²) in [6.07, 6.45) is 0. The highest BCUT2D eigenvalue weighted by atomic mass is 16.7. The molecule has 1 saturated heterocycles. The Kier molecular flexibility index (Phi) is 5.64. The number of piperazine rings is 1. The summed E-state index contributed by atoms with van der Waals surface area (Å²) >= 11 is 0. The van der Waals surface area contributed by atoms with Crippen molar-refractivity contribution in [3.63, 3.8) is 0 Å². The Morgan fingerprint density at radius 1 is 1.04 bits per heavy atom. The number of hydrogen-bond donors (Lipinski definition) is 1. The molecule has 0 unspecified atom stereocenters. The second kappa shape index (κ2) is 8.50. The van der Waals surface area contributed by atoms with Gasteiger partial charge < -0.3 is 19.5 Å². The van der Waals surface area contributed by atoms with E-state index in [4.69, 9.17) is 14.2 Å². The van der Waals surface area contributed by atoms with Gasteiger partial charge in [-0.2, -0.15) is 0 Å². The van der Waals surface area contributed by atoms with Crippen LogP contribution in [0.2, 0.25) is 0 Å². The van der Waals surface area contributed by atoms with Gasteiger partial charge in [0.05, 0.1) is 13.7 Å². The summed E-state index contributed by atoms with van der Waals surface area (Å²) in [5, 5.41) is 2.94. The second-order valence-corrected chi connectivity index (χ2v) is 7.02. The van der Waals surface area contributed by atoms with Crippen molar-refractivity contribution < 1.29 is 19.0 Å². The van der Waals surface area contributed by atoms with Crippen LogP contribution in [0.4, 0.5) is 5.69 Å². The van der Waals surface area contributed by atoms with Crippen molar-refractivity contribution in [1.82, 2.24) is 9.80 Å². The SMILES string of the molecule is COc1cccc(NC(=O)CN2CCN(Cc3ccc4c(c3)OCO4)CC2)c1. The number of fused-ring (bicyclic) bond motifs is 1. The number of hydrogen-bond acceptors (Lipinski definition) is 6. The molecule has 2 aromatic carbocycles. The lowest BCUT2D eigenvalue weighted by atomic mass is 10.1. The van der Waals surface area contributed by atoms with Crippen molar-refractivity contribution in [1.29, 1.82) is 0 Å². The highest BCUT2D eigenvalue weighted by Gasteiger charge is 2.20. The van der Waals surface area contributed by atoms with Crippen LogP contribution in [0.15, 0.2) is 42.5 Å². The van der Waals surface area contributed by atoms with Gasteiger partial charge in [0.1, 0.15) is 5.75 Å². The Hall–Kier alpha value is -2.77. The van der Waals surface area contributed by atoms with Gasteiger partial charge in [-0.25, -0.2) is 0 Å². The van der Waals surface area contributed by atoms with E-state index in [1.54, 1.807) is 7.11 Å². The molecule has 1 amide bonds. The van der Waals surface area contributed by atoms with Gasteiger partial charge in [-0.15, -0.1) is 0 Å². The number of rotatable bonds is 6. The molecule has 0 aromatic heterocycles. The maximum Gasteiger partial charge on any atom is 0.238 e. The lowest BCUT2D eigenvalue weighted by Gasteiger charge is -2.34. The van der Waals surface area contributed by atoms with E-state index in [9.17, 15) is 4.79 Å². The monoisotopic (exact) mass is 383 g/mol. The predicted molar refractivity (Wildman–Crippen MR) is 106 cm³/mol. The molecular weight excluding hydrogens is 358 g/mol. The molecule has 0 atom stereocenters. The number of amides is 1. The van der Waals surface area contributed by atoms with Crippen molar-refractivity contribution in [3.8, 4) is 17.2 Å². The molecule has 4 rings (SSSR count). The van der Waals surface area contributed by atoms with Gasteiger partial charge in [0.15, 0.2) is 11.5 Å². The van der Waals surface area contributed by atoms with Crippen LogP contribution in [0.25, 0.3) is 0 Å². The Balaban J connectivity index is 1.23. The quantitative estimate of drug-likeness (QED) is 0.825. The molecule has 7 nitrogen and oxygen atoms in total. The van der Waals surface area contributed by atoms with Crippen LogP contribution >= 0.6 is 0 Å². The van der Waals surface area contributed by atoms with Crippen LogP contribution in [0, 0.1) is 0 Å². The molecule has 0 spiro atoms. The zero-order valence-corrected chi connectivity index (χ0v) is 16.0. The highest BCUT2D eigenvalue weighted by molar-refractivity contribution is 5.92. The third-order valence-electron chi connectivity index (χ3n) is 5.03. The number of carbonyl (C=O) groups is 1. The van der Waals surface area contributed by atoms with Crippen LogP contribution in [0.1, 0.15) is 5.56 Å². The van der Waals surface area contributed by atoms with Crippen molar-refractivity contribution in [3.05, 3.63) is 48.0 Å². The van der Waals surface area contributed by atoms with E-state index in [1.807, 2.05) is 30.3 Å². The topological polar surface area (TPSA) is 63.3 Å². The number of methoxy groups -OCH3 is 1. The first kappa shape index (κ1) is 18.6. The lowest BCUT2D eigenvalue weighted by Crippen LogP contribution is -2.48. The lowest BCUT2D eigenvalue weighted by molar-refractivity contribution is -0.117. The summed E-state index contributed by atoms with van der Waals surface area (Å²) in [4.78, 5) is 16.9. The minimum absolute atomic E-state index is 0.00234. The van der Waals surface area contributed by atoms with E-state index in [-0.39, 0.29) is 5.91 Å². The van der Waals surface area contributed by atoms with Gasteiger partial charge in [-0.1, -0.05) is 12.1 Å². The maximum absolute atomic E-state index is 12.3. The van der Waals surface area contributed by atoms with Crippen molar-refractivity contribution >= 4 is 11.6 Å². The van der Waals surface area contributed by atoms with E-state index >= 15 is 0 Å². The van der Waals surface area contributed by atoms with Gasteiger partial charge in [0, 0.05) is 44.5 Å². The smallest absolute Gasteiger partial charge is 0.238 e. The zero-order chi connectivity index (χ0) is 19.3. The average molecular weight is 383 g/mol. The Morgan fingerprint density at radius 2 is 1.82 bits per heavy atom. The standard InChI is InChI=1S/C21H25N3O4/c1-26-18-4-2-3-17(12-18)22-21(25)14-24-9-7-23(8-10-24)13-16-5-6-19-20(11-16)28-15-27-19/h2-6,11-12H,7-10,13-15H2,1H3,(H,22,25). The zero-order valence-electron chi connectivity index (χ0n) is 16.0. The van der Waals surface area contributed by atoms with E-state index < -0.39 is 0 Å².